The highest BCUT2D eigenvalue weighted by molar-refractivity contribution is 5.77. The fourth-order valence-corrected chi connectivity index (χ4v) is 3.94. The van der Waals surface area contributed by atoms with Crippen molar-refractivity contribution in [3.8, 4) is 17.0 Å². The lowest BCUT2D eigenvalue weighted by molar-refractivity contribution is 0.0197. The van der Waals surface area contributed by atoms with Crippen LogP contribution < -0.4 is 0 Å². The smallest absolute Gasteiger partial charge is 0.410 e. The second kappa shape index (κ2) is 8.33. The molecule has 1 aromatic carbocycles. The van der Waals surface area contributed by atoms with E-state index in [1.165, 1.54) is 12.1 Å². The van der Waals surface area contributed by atoms with Crippen molar-refractivity contribution in [2.24, 2.45) is 0 Å². The van der Waals surface area contributed by atoms with Gasteiger partial charge in [0.2, 0.25) is 0 Å². The molecule has 0 radical (unpaired) electrons. The van der Waals surface area contributed by atoms with Crippen LogP contribution in [0.25, 0.3) is 22.4 Å². The Morgan fingerprint density at radius 2 is 2.03 bits per heavy atom. The Labute approximate surface area is 186 Å². The number of pyridine rings is 1. The first-order valence-corrected chi connectivity index (χ1v) is 10.7. The molecule has 1 N–H and O–H groups in total. The molecule has 0 unspecified atom stereocenters. The summed E-state index contributed by atoms with van der Waals surface area (Å²) in [6.45, 7) is 8.38. The normalized spacial score (nSPS) is 16.9. The zero-order valence-electron chi connectivity index (χ0n) is 18.7. The summed E-state index contributed by atoms with van der Waals surface area (Å²) in [6.07, 6.45) is 3.07. The van der Waals surface area contributed by atoms with Gasteiger partial charge in [0.15, 0.2) is 5.65 Å². The number of benzene rings is 1. The predicted molar refractivity (Wildman–Crippen MR) is 119 cm³/mol. The Hall–Kier alpha value is -3.29. The van der Waals surface area contributed by atoms with Crippen molar-refractivity contribution >= 4 is 17.3 Å². The third-order valence-corrected chi connectivity index (χ3v) is 5.39. The molecule has 1 aliphatic heterocycles. The maximum Gasteiger partial charge on any atom is 0.410 e. The Bertz CT molecular complexity index is 1150. The number of piperidine rings is 1. The molecule has 8 heteroatoms. The maximum atomic E-state index is 14.5. The van der Waals surface area contributed by atoms with Crippen LogP contribution in [-0.4, -0.2) is 49.7 Å². The van der Waals surface area contributed by atoms with E-state index >= 15 is 0 Å². The Morgan fingerprint density at radius 3 is 2.75 bits per heavy atom. The highest BCUT2D eigenvalue weighted by atomic mass is 19.1. The molecule has 1 aliphatic rings. The molecule has 3 heterocycles. The van der Waals surface area contributed by atoms with Crippen LogP contribution in [0.5, 0.6) is 5.75 Å². The van der Waals surface area contributed by atoms with Crippen molar-refractivity contribution < 1.29 is 19.0 Å². The predicted octanol–water partition coefficient (Wildman–Crippen LogP) is 4.96. The van der Waals surface area contributed by atoms with Crippen LogP contribution in [0, 0.1) is 12.7 Å². The van der Waals surface area contributed by atoms with Crippen LogP contribution in [0.4, 0.5) is 9.18 Å². The molecule has 3 aromatic rings. The molecular formula is C24H27FN4O3. The van der Waals surface area contributed by atoms with Crippen LogP contribution >= 0.6 is 0 Å². The van der Waals surface area contributed by atoms with E-state index in [0.717, 1.165) is 18.5 Å². The number of rotatable bonds is 2. The number of aromatic nitrogens is 3. The first-order valence-electron chi connectivity index (χ1n) is 10.7. The highest BCUT2D eigenvalue weighted by Gasteiger charge is 2.29. The number of nitrogens with zero attached hydrogens (tertiary/aromatic N) is 4. The number of phenols is 1. The fraction of sp³-hybridized carbons (Fsp3) is 0.417. The minimum atomic E-state index is -0.552. The third-order valence-electron chi connectivity index (χ3n) is 5.39. The largest absolute Gasteiger partial charge is 0.507 e. The molecule has 0 spiro atoms. The number of hydrogen-bond acceptors (Lipinski definition) is 6. The van der Waals surface area contributed by atoms with Gasteiger partial charge in [-0.15, -0.1) is 0 Å². The number of carbonyl (C=O) groups excluding carboxylic acids is 1. The first kappa shape index (κ1) is 21.9. The van der Waals surface area contributed by atoms with E-state index in [1.807, 2.05) is 20.8 Å². The van der Waals surface area contributed by atoms with Crippen molar-refractivity contribution in [1.29, 1.82) is 0 Å². The Balaban J connectivity index is 1.63. The van der Waals surface area contributed by atoms with Gasteiger partial charge in [-0.25, -0.2) is 19.2 Å². The van der Waals surface area contributed by atoms with Gasteiger partial charge in [0.05, 0.1) is 17.0 Å². The number of halogens is 1. The molecule has 0 bridgehead atoms. The van der Waals surface area contributed by atoms with Crippen LogP contribution in [0.1, 0.15) is 50.8 Å². The summed E-state index contributed by atoms with van der Waals surface area (Å²) in [5.41, 5.74) is 2.07. The molecule has 1 atom stereocenters. The van der Waals surface area contributed by atoms with E-state index < -0.39 is 11.4 Å². The molecule has 2 aromatic heterocycles. The van der Waals surface area contributed by atoms with Crippen molar-refractivity contribution in [1.82, 2.24) is 19.9 Å². The summed E-state index contributed by atoms with van der Waals surface area (Å²) >= 11 is 0. The second-order valence-corrected chi connectivity index (χ2v) is 9.24. The molecule has 4 rings (SSSR count). The summed E-state index contributed by atoms with van der Waals surface area (Å²) in [5, 5.41) is 10.3. The average Bonchev–Trinajstić information content (AvgIpc) is 2.71. The number of amides is 1. The minimum absolute atomic E-state index is 0.00291. The average molecular weight is 439 g/mol. The molecule has 1 fully saturated rings. The van der Waals surface area contributed by atoms with Crippen LogP contribution in [-0.2, 0) is 4.74 Å². The highest BCUT2D eigenvalue weighted by Crippen LogP contribution is 2.33. The number of aryl methyl sites for hydroxylation is 1. The Kier molecular flexibility index (Phi) is 5.71. The van der Waals surface area contributed by atoms with E-state index in [0.29, 0.717) is 29.8 Å². The minimum Gasteiger partial charge on any atom is -0.507 e. The van der Waals surface area contributed by atoms with Crippen molar-refractivity contribution in [2.75, 3.05) is 13.1 Å². The van der Waals surface area contributed by atoms with Gasteiger partial charge in [0.1, 0.15) is 22.7 Å². The fourth-order valence-electron chi connectivity index (χ4n) is 3.94. The van der Waals surface area contributed by atoms with Gasteiger partial charge >= 0.3 is 6.09 Å². The molecule has 7 nitrogen and oxygen atoms in total. The topological polar surface area (TPSA) is 88.4 Å². The van der Waals surface area contributed by atoms with Crippen molar-refractivity contribution in [3.63, 3.8) is 0 Å². The molecule has 1 saturated heterocycles. The summed E-state index contributed by atoms with van der Waals surface area (Å²) in [4.78, 5) is 27.8. The van der Waals surface area contributed by atoms with E-state index in [4.69, 9.17) is 4.74 Å². The summed E-state index contributed by atoms with van der Waals surface area (Å²) in [7, 11) is 0. The Morgan fingerprint density at radius 1 is 1.25 bits per heavy atom. The first-order chi connectivity index (χ1) is 15.1. The van der Waals surface area contributed by atoms with Crippen molar-refractivity contribution in [2.45, 2.75) is 52.1 Å². The molecule has 168 valence electrons. The maximum absolute atomic E-state index is 14.5. The molecule has 0 saturated carbocycles. The third kappa shape index (κ3) is 4.64. The van der Waals surface area contributed by atoms with Gasteiger partial charge in [0.25, 0.3) is 0 Å². The number of fused-ring (bicyclic) bond motifs is 1. The summed E-state index contributed by atoms with van der Waals surface area (Å²) < 4.78 is 20.0. The van der Waals surface area contributed by atoms with E-state index in [2.05, 4.69) is 15.0 Å². The van der Waals surface area contributed by atoms with Gasteiger partial charge in [-0.05, 0) is 70.4 Å². The van der Waals surface area contributed by atoms with Gasteiger partial charge < -0.3 is 14.7 Å². The van der Waals surface area contributed by atoms with E-state index in [-0.39, 0.29) is 29.0 Å². The zero-order valence-corrected chi connectivity index (χ0v) is 18.7. The standard InChI is InChI=1S/C24H27FN4O3/c1-14-10-16(25)21(20(30)11-14)17-7-8-18-22(27-17)28-19(12-26-18)15-6-5-9-29(13-15)23(31)32-24(2,3)4/h7-8,10-12,15,30H,5-6,9,13H2,1-4H3/t15-/m1/s1. The molecule has 32 heavy (non-hydrogen) atoms. The summed E-state index contributed by atoms with van der Waals surface area (Å²) in [6, 6.07) is 6.19. The number of carbonyl (C=O) groups is 1. The molecule has 1 amide bonds. The van der Waals surface area contributed by atoms with Crippen LogP contribution in [0.15, 0.2) is 30.5 Å². The number of hydrogen-bond donors (Lipinski definition) is 1. The second-order valence-electron chi connectivity index (χ2n) is 9.24. The summed E-state index contributed by atoms with van der Waals surface area (Å²) in [5.74, 6) is -0.708. The molecular weight excluding hydrogens is 411 g/mol. The van der Waals surface area contributed by atoms with Crippen LogP contribution in [0.3, 0.4) is 0 Å². The monoisotopic (exact) mass is 438 g/mol. The molecule has 0 aliphatic carbocycles. The lowest BCUT2D eigenvalue weighted by atomic mass is 9.95. The van der Waals surface area contributed by atoms with Gasteiger partial charge in [-0.1, -0.05) is 0 Å². The number of likely N-dealkylation sites (tertiary alicyclic amines) is 1. The number of phenolic OH excluding ortho intramolecular Hbond substituents is 1. The van der Waals surface area contributed by atoms with Gasteiger partial charge in [0, 0.05) is 25.2 Å². The lowest BCUT2D eigenvalue weighted by Gasteiger charge is -2.33. The SMILES string of the molecule is Cc1cc(O)c(-c2ccc3ncc([C@@H]4CCCN(C(=O)OC(C)(C)C)C4)nc3n2)c(F)c1. The lowest BCUT2D eigenvalue weighted by Crippen LogP contribution is -2.42. The van der Waals surface area contributed by atoms with Gasteiger partial charge in [-0.3, -0.25) is 4.98 Å². The quantitative estimate of drug-likeness (QED) is 0.608. The number of ether oxygens (including phenoxy) is 1. The van der Waals surface area contributed by atoms with E-state index in [9.17, 15) is 14.3 Å². The van der Waals surface area contributed by atoms with Crippen molar-refractivity contribution in [3.05, 3.63) is 47.5 Å². The van der Waals surface area contributed by atoms with Gasteiger partial charge in [-0.2, -0.15) is 0 Å². The van der Waals surface area contributed by atoms with Crippen LogP contribution in [0.2, 0.25) is 0 Å². The zero-order chi connectivity index (χ0) is 23.0. The van der Waals surface area contributed by atoms with E-state index in [1.54, 1.807) is 30.2 Å². The number of aromatic hydroxyl groups is 1.